The summed E-state index contributed by atoms with van der Waals surface area (Å²) < 4.78 is 10.9. The number of anilines is 1. The minimum atomic E-state index is -0.185. The van der Waals surface area contributed by atoms with E-state index >= 15 is 0 Å². The Kier molecular flexibility index (Phi) is 6.14. The quantitative estimate of drug-likeness (QED) is 0.404. The van der Waals surface area contributed by atoms with Gasteiger partial charge in [-0.3, -0.25) is 4.79 Å². The summed E-state index contributed by atoms with van der Waals surface area (Å²) in [4.78, 5) is 16.2. The fourth-order valence-electron chi connectivity index (χ4n) is 2.41. The first-order valence-electron chi connectivity index (χ1n) is 9.00. The number of hydrogen-bond acceptors (Lipinski definition) is 11. The van der Waals surface area contributed by atoms with Crippen molar-refractivity contribution >= 4 is 34.1 Å². The molecule has 154 valence electrons. The molecule has 4 aromatic rings. The third-order valence-electron chi connectivity index (χ3n) is 3.88. The summed E-state index contributed by atoms with van der Waals surface area (Å²) in [6, 6.07) is 7.85. The lowest BCUT2D eigenvalue weighted by atomic mass is 10.1. The second-order valence-corrected chi connectivity index (χ2v) is 8.41. The van der Waals surface area contributed by atoms with Crippen LogP contribution in [0.25, 0.3) is 11.5 Å². The molecule has 30 heavy (non-hydrogen) atoms. The third-order valence-corrected chi connectivity index (χ3v) is 5.45. The van der Waals surface area contributed by atoms with Crippen LogP contribution in [0.5, 0.6) is 0 Å². The Hall–Kier alpha value is -3.12. The molecule has 0 bridgehead atoms. The molecule has 12 heteroatoms. The highest BCUT2D eigenvalue weighted by atomic mass is 32.2. The average Bonchev–Trinajstić information content (AvgIpc) is 3.47. The summed E-state index contributed by atoms with van der Waals surface area (Å²) in [5.74, 6) is 1.57. The van der Waals surface area contributed by atoms with Gasteiger partial charge in [0.05, 0.1) is 5.75 Å². The molecule has 3 aromatic heterocycles. The maximum absolute atomic E-state index is 12.0. The van der Waals surface area contributed by atoms with Gasteiger partial charge in [-0.1, -0.05) is 46.0 Å². The Morgan fingerprint density at radius 3 is 2.73 bits per heavy atom. The van der Waals surface area contributed by atoms with Crippen molar-refractivity contribution in [2.24, 2.45) is 0 Å². The number of amides is 1. The largest absolute Gasteiger partial charge is 0.411 e. The molecule has 0 saturated carbocycles. The second-order valence-electron chi connectivity index (χ2n) is 6.31. The Morgan fingerprint density at radius 1 is 1.13 bits per heavy atom. The molecule has 10 nitrogen and oxygen atoms in total. The normalized spacial score (nSPS) is 11.0. The van der Waals surface area contributed by atoms with Gasteiger partial charge in [0.25, 0.3) is 5.22 Å². The molecule has 0 aliphatic rings. The zero-order valence-electron chi connectivity index (χ0n) is 16.2. The van der Waals surface area contributed by atoms with Gasteiger partial charge in [0.1, 0.15) is 5.01 Å². The second kappa shape index (κ2) is 9.13. The van der Waals surface area contributed by atoms with Gasteiger partial charge in [0, 0.05) is 18.4 Å². The molecule has 0 aliphatic heterocycles. The number of nitrogens with zero attached hydrogens (tertiary/aromatic N) is 6. The van der Waals surface area contributed by atoms with Crippen LogP contribution < -0.4 is 5.32 Å². The van der Waals surface area contributed by atoms with Crippen LogP contribution in [0, 0.1) is 13.8 Å². The van der Waals surface area contributed by atoms with E-state index in [2.05, 4.69) is 35.9 Å². The van der Waals surface area contributed by atoms with E-state index in [4.69, 9.17) is 8.94 Å². The van der Waals surface area contributed by atoms with Crippen LogP contribution in [0.4, 0.5) is 5.13 Å². The molecule has 0 saturated heterocycles. The summed E-state index contributed by atoms with van der Waals surface area (Å²) in [5.41, 5.74) is 2.03. The number of carbonyl (C=O) groups is 1. The van der Waals surface area contributed by atoms with Gasteiger partial charge in [-0.15, -0.1) is 20.4 Å². The lowest BCUT2D eigenvalue weighted by molar-refractivity contribution is -0.116. The van der Waals surface area contributed by atoms with E-state index in [9.17, 15) is 4.79 Å². The van der Waals surface area contributed by atoms with Crippen molar-refractivity contribution in [1.82, 2.24) is 30.5 Å². The highest BCUT2D eigenvalue weighted by molar-refractivity contribution is 7.98. The molecule has 0 spiro atoms. The van der Waals surface area contributed by atoms with Gasteiger partial charge in [-0.2, -0.15) is 4.98 Å². The smallest absolute Gasteiger partial charge is 0.277 e. The first kappa shape index (κ1) is 20.2. The number of hydrogen-bond donors (Lipinski definition) is 1. The first-order chi connectivity index (χ1) is 14.5. The minimum absolute atomic E-state index is 0.185. The maximum atomic E-state index is 12.0. The summed E-state index contributed by atoms with van der Waals surface area (Å²) in [7, 11) is 0. The third kappa shape index (κ3) is 5.27. The molecule has 0 unspecified atom stereocenters. The van der Waals surface area contributed by atoms with Crippen molar-refractivity contribution < 1.29 is 13.7 Å². The molecule has 1 amide bonds. The average molecular weight is 444 g/mol. The van der Waals surface area contributed by atoms with E-state index in [1.165, 1.54) is 23.1 Å². The van der Waals surface area contributed by atoms with Crippen LogP contribution >= 0.6 is 23.1 Å². The molecule has 0 atom stereocenters. The molecule has 0 aliphatic carbocycles. The number of carbonyl (C=O) groups excluding carboxylic acids is 1. The molecular weight excluding hydrogens is 426 g/mol. The molecular formula is C18H17N7O3S2. The Morgan fingerprint density at radius 2 is 1.97 bits per heavy atom. The van der Waals surface area contributed by atoms with Crippen molar-refractivity contribution in [3.05, 3.63) is 46.6 Å². The summed E-state index contributed by atoms with van der Waals surface area (Å²) in [6.07, 6.45) is 0.538. The van der Waals surface area contributed by atoms with Crippen molar-refractivity contribution in [2.75, 3.05) is 5.32 Å². The van der Waals surface area contributed by atoms with Gasteiger partial charge in [0.2, 0.25) is 22.8 Å². The number of aryl methyl sites for hydroxylation is 3. The van der Waals surface area contributed by atoms with Crippen molar-refractivity contribution in [1.29, 1.82) is 0 Å². The van der Waals surface area contributed by atoms with E-state index < -0.39 is 0 Å². The maximum Gasteiger partial charge on any atom is 0.277 e. The SMILES string of the molecule is Cc1ccc(-c2nnc(SCc3noc(CCC(=O)Nc4nnc(C)s4)n3)o2)cc1. The van der Waals surface area contributed by atoms with E-state index in [1.54, 1.807) is 0 Å². The van der Waals surface area contributed by atoms with Crippen molar-refractivity contribution in [3.63, 3.8) is 0 Å². The van der Waals surface area contributed by atoms with Crippen LogP contribution in [0.3, 0.4) is 0 Å². The first-order valence-corrected chi connectivity index (χ1v) is 10.8. The van der Waals surface area contributed by atoms with Crippen LogP contribution in [0.1, 0.15) is 28.7 Å². The Bertz CT molecular complexity index is 1140. The number of aromatic nitrogens is 6. The van der Waals surface area contributed by atoms with Gasteiger partial charge in [-0.05, 0) is 26.0 Å². The standard InChI is InChI=1S/C18H17N7O3S2/c1-10-3-5-12(6-4-10)16-22-24-18(27-16)29-9-13-19-15(28-25-13)8-7-14(26)20-17-23-21-11(2)30-17/h3-6H,7-9H2,1-2H3,(H,20,23,26). The highest BCUT2D eigenvalue weighted by Crippen LogP contribution is 2.25. The Balaban J connectivity index is 1.25. The lowest BCUT2D eigenvalue weighted by Gasteiger charge is -1.97. The lowest BCUT2D eigenvalue weighted by Crippen LogP contribution is -2.12. The highest BCUT2D eigenvalue weighted by Gasteiger charge is 2.13. The molecule has 1 aromatic carbocycles. The summed E-state index contributed by atoms with van der Waals surface area (Å²) >= 11 is 2.63. The summed E-state index contributed by atoms with van der Waals surface area (Å²) in [6.45, 7) is 3.84. The van der Waals surface area contributed by atoms with Gasteiger partial charge >= 0.3 is 0 Å². The molecule has 4 rings (SSSR count). The predicted molar refractivity (Wildman–Crippen MR) is 110 cm³/mol. The van der Waals surface area contributed by atoms with E-state index in [0.717, 1.165) is 16.1 Å². The van der Waals surface area contributed by atoms with Crippen LogP contribution in [-0.4, -0.2) is 36.4 Å². The number of nitrogens with one attached hydrogen (secondary N) is 1. The minimum Gasteiger partial charge on any atom is -0.411 e. The fraction of sp³-hybridized carbons (Fsp3) is 0.278. The topological polar surface area (TPSA) is 133 Å². The zero-order valence-corrected chi connectivity index (χ0v) is 17.8. The Labute approximate surface area is 179 Å². The molecule has 1 N–H and O–H groups in total. The van der Waals surface area contributed by atoms with E-state index in [1.807, 2.05) is 38.1 Å². The van der Waals surface area contributed by atoms with Gasteiger partial charge in [0.15, 0.2) is 5.82 Å². The van der Waals surface area contributed by atoms with Gasteiger partial charge < -0.3 is 14.3 Å². The van der Waals surface area contributed by atoms with Gasteiger partial charge in [-0.25, -0.2) is 0 Å². The molecule has 0 fully saturated rings. The zero-order chi connectivity index (χ0) is 20.9. The number of rotatable bonds is 8. The van der Waals surface area contributed by atoms with Crippen LogP contribution in [0.2, 0.25) is 0 Å². The van der Waals surface area contributed by atoms with Crippen LogP contribution in [-0.2, 0) is 17.0 Å². The fourth-order valence-corrected chi connectivity index (χ4v) is 3.62. The molecule has 3 heterocycles. The number of thioether (sulfide) groups is 1. The molecule has 0 radical (unpaired) electrons. The van der Waals surface area contributed by atoms with E-state index in [0.29, 0.717) is 40.1 Å². The predicted octanol–water partition coefficient (Wildman–Crippen LogP) is 3.45. The van der Waals surface area contributed by atoms with Crippen molar-refractivity contribution in [2.45, 2.75) is 37.7 Å². The number of benzene rings is 1. The van der Waals surface area contributed by atoms with Crippen LogP contribution in [0.15, 0.2) is 38.4 Å². The van der Waals surface area contributed by atoms with E-state index in [-0.39, 0.29) is 12.3 Å². The van der Waals surface area contributed by atoms with Crippen molar-refractivity contribution in [3.8, 4) is 11.5 Å². The summed E-state index contributed by atoms with van der Waals surface area (Å²) in [5, 5.41) is 24.1. The monoisotopic (exact) mass is 443 g/mol.